The lowest BCUT2D eigenvalue weighted by atomic mass is 10.1. The van der Waals surface area contributed by atoms with Crippen LogP contribution < -0.4 is 5.32 Å². The Labute approximate surface area is 143 Å². The van der Waals surface area contributed by atoms with Crippen LogP contribution in [0.25, 0.3) is 0 Å². The average Bonchev–Trinajstić information content (AvgIpc) is 2.54. The predicted molar refractivity (Wildman–Crippen MR) is 92.2 cm³/mol. The van der Waals surface area contributed by atoms with Gasteiger partial charge in [-0.15, -0.1) is 11.8 Å². The van der Waals surface area contributed by atoms with Crippen molar-refractivity contribution in [3.05, 3.63) is 68.7 Å². The summed E-state index contributed by atoms with van der Waals surface area (Å²) in [6.07, 6.45) is 1.75. The molecule has 5 nitrogen and oxygen atoms in total. The molecule has 23 heavy (non-hydrogen) atoms. The van der Waals surface area contributed by atoms with Crippen LogP contribution in [0.1, 0.15) is 28.9 Å². The second kappa shape index (κ2) is 7.48. The van der Waals surface area contributed by atoms with Gasteiger partial charge < -0.3 is 5.32 Å². The molecule has 1 atom stereocenters. The van der Waals surface area contributed by atoms with Gasteiger partial charge in [0.05, 0.1) is 15.9 Å². The quantitative estimate of drug-likeness (QED) is 0.491. The van der Waals surface area contributed by atoms with Crippen molar-refractivity contribution in [3.63, 3.8) is 0 Å². The molecule has 0 fully saturated rings. The molecule has 0 aromatic heterocycles. The Balaban J connectivity index is 2.20. The molecule has 0 spiro atoms. The molecule has 0 bridgehead atoms. The number of carbonyl (C=O) groups excluding carboxylic acids is 1. The summed E-state index contributed by atoms with van der Waals surface area (Å²) in [5.41, 5.74) is 1.05. The summed E-state index contributed by atoms with van der Waals surface area (Å²) < 4.78 is 0. The second-order valence-corrected chi connectivity index (χ2v) is 6.18. The van der Waals surface area contributed by atoms with Crippen molar-refractivity contribution in [2.45, 2.75) is 17.9 Å². The number of benzene rings is 2. The second-order valence-electron chi connectivity index (χ2n) is 4.89. The van der Waals surface area contributed by atoms with Gasteiger partial charge in [0.25, 0.3) is 11.6 Å². The van der Waals surface area contributed by atoms with Gasteiger partial charge in [-0.05, 0) is 43.0 Å². The Kier molecular flexibility index (Phi) is 5.63. The number of halogens is 1. The van der Waals surface area contributed by atoms with Crippen molar-refractivity contribution >= 4 is 35.0 Å². The minimum absolute atomic E-state index is 0.0689. The Morgan fingerprint density at radius 1 is 1.30 bits per heavy atom. The molecule has 0 aliphatic carbocycles. The zero-order valence-corrected chi connectivity index (χ0v) is 14.1. The first-order valence-electron chi connectivity index (χ1n) is 6.81. The summed E-state index contributed by atoms with van der Waals surface area (Å²) in [7, 11) is 0. The topological polar surface area (TPSA) is 72.2 Å². The molecule has 1 unspecified atom stereocenters. The SMILES string of the molecule is CSc1ccc(C(=O)NC(C)c2cccc(Cl)c2)cc1[N+](=O)[O-]. The maximum absolute atomic E-state index is 12.3. The third-order valence-electron chi connectivity index (χ3n) is 3.33. The first kappa shape index (κ1) is 17.3. The largest absolute Gasteiger partial charge is 0.346 e. The van der Waals surface area contributed by atoms with Crippen LogP contribution >= 0.6 is 23.4 Å². The summed E-state index contributed by atoms with van der Waals surface area (Å²) in [5.74, 6) is -0.367. The standard InChI is InChI=1S/C16H15ClN2O3S/c1-10(11-4-3-5-13(17)8-11)18-16(20)12-6-7-15(23-2)14(9-12)19(21)22/h3-10H,1-2H3,(H,18,20). The van der Waals surface area contributed by atoms with Gasteiger partial charge in [0.1, 0.15) is 0 Å². The molecule has 2 aromatic rings. The minimum atomic E-state index is -0.483. The Morgan fingerprint density at radius 2 is 2.04 bits per heavy atom. The van der Waals surface area contributed by atoms with E-state index in [-0.39, 0.29) is 23.2 Å². The lowest BCUT2D eigenvalue weighted by Crippen LogP contribution is -2.26. The van der Waals surface area contributed by atoms with Crippen LogP contribution in [0.3, 0.4) is 0 Å². The summed E-state index contributed by atoms with van der Waals surface area (Å²) >= 11 is 7.21. The van der Waals surface area contributed by atoms with Gasteiger partial charge in [0.15, 0.2) is 0 Å². The van der Waals surface area contributed by atoms with Crippen LogP contribution in [0.15, 0.2) is 47.4 Å². The highest BCUT2D eigenvalue weighted by Gasteiger charge is 2.18. The highest BCUT2D eigenvalue weighted by molar-refractivity contribution is 7.98. The number of nitro benzene ring substituents is 1. The molecular weight excluding hydrogens is 336 g/mol. The highest BCUT2D eigenvalue weighted by atomic mass is 35.5. The van der Waals surface area contributed by atoms with Gasteiger partial charge in [-0.3, -0.25) is 14.9 Å². The third kappa shape index (κ3) is 4.24. The van der Waals surface area contributed by atoms with Crippen LogP contribution in [0.5, 0.6) is 0 Å². The molecule has 120 valence electrons. The number of hydrogen-bond donors (Lipinski definition) is 1. The van der Waals surface area contributed by atoms with Crippen LogP contribution in [0.2, 0.25) is 5.02 Å². The lowest BCUT2D eigenvalue weighted by Gasteiger charge is -2.15. The number of thioether (sulfide) groups is 1. The predicted octanol–water partition coefficient (Wildman–Crippen LogP) is 4.46. The fourth-order valence-electron chi connectivity index (χ4n) is 2.11. The van der Waals surface area contributed by atoms with E-state index in [9.17, 15) is 14.9 Å². The summed E-state index contributed by atoms with van der Waals surface area (Å²) in [5, 5.41) is 14.5. The number of amides is 1. The van der Waals surface area contributed by atoms with Gasteiger partial charge >= 0.3 is 0 Å². The monoisotopic (exact) mass is 350 g/mol. The molecule has 0 saturated heterocycles. The van der Waals surface area contributed by atoms with E-state index in [4.69, 9.17) is 11.6 Å². The number of nitro groups is 1. The van der Waals surface area contributed by atoms with Crippen molar-refractivity contribution in [1.29, 1.82) is 0 Å². The van der Waals surface area contributed by atoms with Crippen LogP contribution in [-0.2, 0) is 0 Å². The van der Waals surface area contributed by atoms with Crippen LogP contribution in [-0.4, -0.2) is 17.1 Å². The smallest absolute Gasteiger partial charge is 0.283 e. The minimum Gasteiger partial charge on any atom is -0.346 e. The van der Waals surface area contributed by atoms with Gasteiger partial charge in [-0.2, -0.15) is 0 Å². The molecule has 2 aromatic carbocycles. The van der Waals surface area contributed by atoms with Crippen molar-refractivity contribution in [1.82, 2.24) is 5.32 Å². The van der Waals surface area contributed by atoms with Gasteiger partial charge in [0.2, 0.25) is 0 Å². The first-order chi connectivity index (χ1) is 10.9. The van der Waals surface area contributed by atoms with Gasteiger partial charge in [-0.1, -0.05) is 23.7 Å². The molecule has 2 rings (SSSR count). The van der Waals surface area contributed by atoms with E-state index >= 15 is 0 Å². The first-order valence-corrected chi connectivity index (χ1v) is 8.41. The van der Waals surface area contributed by atoms with E-state index in [1.54, 1.807) is 36.6 Å². The van der Waals surface area contributed by atoms with Gasteiger partial charge in [0, 0.05) is 16.7 Å². The molecule has 0 radical (unpaired) electrons. The Hall–Kier alpha value is -2.05. The van der Waals surface area contributed by atoms with Gasteiger partial charge in [-0.25, -0.2) is 0 Å². The van der Waals surface area contributed by atoms with E-state index in [0.29, 0.717) is 9.92 Å². The molecule has 0 saturated carbocycles. The van der Waals surface area contributed by atoms with Crippen molar-refractivity contribution in [2.24, 2.45) is 0 Å². The molecule has 0 aliphatic heterocycles. The number of carbonyl (C=O) groups is 1. The molecule has 0 aliphatic rings. The normalized spacial score (nSPS) is 11.8. The molecule has 0 heterocycles. The summed E-state index contributed by atoms with van der Waals surface area (Å²) in [6.45, 7) is 1.83. The Bertz CT molecular complexity index is 752. The van der Waals surface area contributed by atoms with E-state index in [0.717, 1.165) is 5.56 Å². The number of hydrogen-bond acceptors (Lipinski definition) is 4. The zero-order chi connectivity index (χ0) is 17.0. The van der Waals surface area contributed by atoms with E-state index < -0.39 is 4.92 Å². The lowest BCUT2D eigenvalue weighted by molar-refractivity contribution is -0.387. The third-order valence-corrected chi connectivity index (χ3v) is 4.35. The zero-order valence-electron chi connectivity index (χ0n) is 12.6. The average molecular weight is 351 g/mol. The maximum Gasteiger partial charge on any atom is 0.283 e. The molecule has 1 amide bonds. The summed E-state index contributed by atoms with van der Waals surface area (Å²) in [6, 6.07) is 11.4. The number of nitrogens with zero attached hydrogens (tertiary/aromatic N) is 1. The van der Waals surface area contributed by atoms with Crippen molar-refractivity contribution < 1.29 is 9.72 Å². The van der Waals surface area contributed by atoms with Crippen molar-refractivity contribution in [2.75, 3.05) is 6.26 Å². The number of rotatable bonds is 5. The molecular formula is C16H15ClN2O3S. The molecule has 1 N–H and O–H groups in total. The summed E-state index contributed by atoms with van der Waals surface area (Å²) in [4.78, 5) is 23.4. The highest BCUT2D eigenvalue weighted by Crippen LogP contribution is 2.28. The fourth-order valence-corrected chi connectivity index (χ4v) is 2.86. The van der Waals surface area contributed by atoms with E-state index in [1.807, 2.05) is 13.0 Å². The number of nitrogens with one attached hydrogen (secondary N) is 1. The van der Waals surface area contributed by atoms with Crippen LogP contribution in [0.4, 0.5) is 5.69 Å². The Morgan fingerprint density at radius 3 is 2.65 bits per heavy atom. The molecule has 7 heteroatoms. The van der Waals surface area contributed by atoms with Crippen molar-refractivity contribution in [3.8, 4) is 0 Å². The van der Waals surface area contributed by atoms with E-state index in [1.165, 1.54) is 17.8 Å². The fraction of sp³-hybridized carbons (Fsp3) is 0.188. The van der Waals surface area contributed by atoms with Crippen LogP contribution in [0, 0.1) is 10.1 Å². The van der Waals surface area contributed by atoms with E-state index in [2.05, 4.69) is 5.32 Å². The maximum atomic E-state index is 12.3.